The molecule has 3 nitrogen and oxygen atoms in total. The van der Waals surface area contributed by atoms with Crippen molar-refractivity contribution in [3.63, 3.8) is 0 Å². The molecule has 2 saturated heterocycles. The summed E-state index contributed by atoms with van der Waals surface area (Å²) in [5.41, 5.74) is 0. The topological polar surface area (TPSA) is 32.3 Å². The zero-order valence-electron chi connectivity index (χ0n) is 10.5. The summed E-state index contributed by atoms with van der Waals surface area (Å²) in [6, 6.07) is 0.382. The van der Waals surface area contributed by atoms with Crippen molar-refractivity contribution in [3.05, 3.63) is 0 Å². The van der Waals surface area contributed by atoms with Gasteiger partial charge in [-0.25, -0.2) is 8.78 Å². The minimum Gasteiger partial charge on any atom is -0.337 e. The Labute approximate surface area is 109 Å². The molecule has 7 heteroatoms. The molecule has 2 aliphatic rings. The summed E-state index contributed by atoms with van der Waals surface area (Å²) in [4.78, 5) is 12.2. The Kier molecular flexibility index (Phi) is 4.32. The highest BCUT2D eigenvalue weighted by atomic mass is 19.3. The van der Waals surface area contributed by atoms with Gasteiger partial charge < -0.3 is 10.2 Å². The minimum absolute atomic E-state index is 0.143. The first-order valence-electron chi connectivity index (χ1n) is 6.61. The van der Waals surface area contributed by atoms with Crippen molar-refractivity contribution in [2.24, 2.45) is 5.92 Å². The van der Waals surface area contributed by atoms with Crippen LogP contribution < -0.4 is 5.32 Å². The number of nitrogens with one attached hydrogen (secondary N) is 1. The van der Waals surface area contributed by atoms with Gasteiger partial charge in [0.05, 0.1) is 0 Å². The number of amides is 1. The molecule has 0 aromatic heterocycles. The van der Waals surface area contributed by atoms with E-state index in [1.165, 1.54) is 0 Å². The molecule has 1 N–H and O–H groups in total. The smallest absolute Gasteiger partial charge is 0.337 e. The van der Waals surface area contributed by atoms with Crippen LogP contribution in [-0.2, 0) is 4.79 Å². The number of rotatable bonds is 3. The fraction of sp³-hybridized carbons (Fsp3) is 0.917. The van der Waals surface area contributed by atoms with E-state index in [0.717, 1.165) is 24.3 Å². The standard InChI is InChI=1S/C12H18F4N2O/c13-10(14)12(15,16)11(19)18-6-3-8(4-7-18)9-2-1-5-17-9/h8-10,17H,1-7H2. The van der Waals surface area contributed by atoms with Gasteiger partial charge in [0.2, 0.25) is 0 Å². The van der Waals surface area contributed by atoms with E-state index in [-0.39, 0.29) is 13.1 Å². The van der Waals surface area contributed by atoms with Gasteiger partial charge in [-0.1, -0.05) is 0 Å². The maximum Gasteiger partial charge on any atom is 0.383 e. The highest BCUT2D eigenvalue weighted by Crippen LogP contribution is 2.30. The van der Waals surface area contributed by atoms with Crippen LogP contribution in [0.25, 0.3) is 0 Å². The fourth-order valence-corrected chi connectivity index (χ4v) is 2.92. The van der Waals surface area contributed by atoms with Crippen molar-refractivity contribution >= 4 is 5.91 Å². The van der Waals surface area contributed by atoms with Gasteiger partial charge in [0.1, 0.15) is 0 Å². The monoisotopic (exact) mass is 282 g/mol. The molecule has 1 unspecified atom stereocenters. The van der Waals surface area contributed by atoms with Crippen LogP contribution in [0.2, 0.25) is 0 Å². The number of halogens is 4. The van der Waals surface area contributed by atoms with E-state index in [0.29, 0.717) is 24.8 Å². The number of carbonyl (C=O) groups is 1. The van der Waals surface area contributed by atoms with Crippen molar-refractivity contribution in [2.75, 3.05) is 19.6 Å². The zero-order valence-corrected chi connectivity index (χ0v) is 10.5. The van der Waals surface area contributed by atoms with E-state index >= 15 is 0 Å². The summed E-state index contributed by atoms with van der Waals surface area (Å²) >= 11 is 0. The molecule has 0 saturated carbocycles. The molecule has 0 spiro atoms. The van der Waals surface area contributed by atoms with Crippen LogP contribution in [0, 0.1) is 5.92 Å². The lowest BCUT2D eigenvalue weighted by Gasteiger charge is -2.36. The number of alkyl halides is 4. The third-order valence-corrected chi connectivity index (χ3v) is 4.05. The lowest BCUT2D eigenvalue weighted by Crippen LogP contribution is -2.51. The molecule has 0 radical (unpaired) electrons. The molecule has 110 valence electrons. The lowest BCUT2D eigenvalue weighted by molar-refractivity contribution is -0.182. The Hall–Kier alpha value is -0.850. The zero-order chi connectivity index (χ0) is 14.0. The molecule has 0 aliphatic carbocycles. The Balaban J connectivity index is 1.87. The second-order valence-electron chi connectivity index (χ2n) is 5.26. The molecule has 1 amide bonds. The minimum atomic E-state index is -4.56. The largest absolute Gasteiger partial charge is 0.383 e. The quantitative estimate of drug-likeness (QED) is 0.802. The summed E-state index contributed by atoms with van der Waals surface area (Å²) in [7, 11) is 0. The first kappa shape index (κ1) is 14.6. The predicted octanol–water partition coefficient (Wildman–Crippen LogP) is 1.88. The SMILES string of the molecule is O=C(N1CCC(C2CCCN2)CC1)C(F)(F)C(F)F. The number of hydrogen-bond acceptors (Lipinski definition) is 2. The molecule has 2 aliphatic heterocycles. The van der Waals surface area contributed by atoms with Gasteiger partial charge in [-0.05, 0) is 38.1 Å². The average Bonchev–Trinajstić information content (AvgIpc) is 2.91. The van der Waals surface area contributed by atoms with E-state index in [2.05, 4.69) is 5.32 Å². The molecule has 19 heavy (non-hydrogen) atoms. The van der Waals surface area contributed by atoms with Gasteiger partial charge in [-0.3, -0.25) is 4.79 Å². The number of nitrogens with zero attached hydrogens (tertiary/aromatic N) is 1. The number of carbonyl (C=O) groups excluding carboxylic acids is 1. The van der Waals surface area contributed by atoms with Crippen molar-refractivity contribution in [3.8, 4) is 0 Å². The Morgan fingerprint density at radius 2 is 1.84 bits per heavy atom. The Bertz CT molecular complexity index is 324. The van der Waals surface area contributed by atoms with Crippen LogP contribution >= 0.6 is 0 Å². The van der Waals surface area contributed by atoms with Crippen LogP contribution in [0.1, 0.15) is 25.7 Å². The normalized spacial score (nSPS) is 26.2. The van der Waals surface area contributed by atoms with Crippen LogP contribution in [0.15, 0.2) is 0 Å². The maximum absolute atomic E-state index is 13.0. The van der Waals surface area contributed by atoms with E-state index < -0.39 is 18.3 Å². The number of likely N-dealkylation sites (tertiary alicyclic amines) is 1. The van der Waals surface area contributed by atoms with E-state index in [9.17, 15) is 22.4 Å². The van der Waals surface area contributed by atoms with E-state index in [1.807, 2.05) is 0 Å². The van der Waals surface area contributed by atoms with E-state index in [4.69, 9.17) is 0 Å². The average molecular weight is 282 g/mol. The van der Waals surface area contributed by atoms with Crippen LogP contribution in [0.5, 0.6) is 0 Å². The molecule has 0 bridgehead atoms. The van der Waals surface area contributed by atoms with Gasteiger partial charge in [0.15, 0.2) is 0 Å². The summed E-state index contributed by atoms with van der Waals surface area (Å²) < 4.78 is 50.2. The van der Waals surface area contributed by atoms with Crippen molar-refractivity contribution in [1.29, 1.82) is 0 Å². The summed E-state index contributed by atoms with van der Waals surface area (Å²) in [5.74, 6) is -5.94. The first-order valence-corrected chi connectivity index (χ1v) is 6.61. The Morgan fingerprint density at radius 3 is 2.32 bits per heavy atom. The highest BCUT2D eigenvalue weighted by Gasteiger charge is 2.51. The third kappa shape index (κ3) is 3.01. The fourth-order valence-electron chi connectivity index (χ4n) is 2.92. The first-order chi connectivity index (χ1) is 8.93. The summed E-state index contributed by atoms with van der Waals surface area (Å²) in [5, 5.41) is 3.35. The van der Waals surface area contributed by atoms with Gasteiger partial charge in [-0.2, -0.15) is 8.78 Å². The van der Waals surface area contributed by atoms with Crippen LogP contribution in [0.3, 0.4) is 0 Å². The molecular weight excluding hydrogens is 264 g/mol. The van der Waals surface area contributed by atoms with Gasteiger partial charge >= 0.3 is 12.3 Å². The van der Waals surface area contributed by atoms with Crippen molar-refractivity contribution in [2.45, 2.75) is 44.1 Å². The number of hydrogen-bond donors (Lipinski definition) is 1. The molecule has 1 atom stereocenters. The lowest BCUT2D eigenvalue weighted by atomic mass is 9.88. The van der Waals surface area contributed by atoms with Crippen molar-refractivity contribution in [1.82, 2.24) is 10.2 Å². The summed E-state index contributed by atoms with van der Waals surface area (Å²) in [6.07, 6.45) is -0.570. The maximum atomic E-state index is 13.0. The molecule has 0 aromatic carbocycles. The molecular formula is C12H18F4N2O. The molecule has 0 aromatic rings. The molecule has 2 heterocycles. The van der Waals surface area contributed by atoms with Crippen LogP contribution in [-0.4, -0.2) is 48.8 Å². The molecule has 2 rings (SSSR count). The Morgan fingerprint density at radius 1 is 1.21 bits per heavy atom. The summed E-state index contributed by atoms with van der Waals surface area (Å²) in [6.45, 7) is 1.25. The number of piperidine rings is 1. The van der Waals surface area contributed by atoms with Gasteiger partial charge in [0.25, 0.3) is 5.91 Å². The van der Waals surface area contributed by atoms with Gasteiger partial charge in [-0.15, -0.1) is 0 Å². The highest BCUT2D eigenvalue weighted by molar-refractivity contribution is 5.84. The third-order valence-electron chi connectivity index (χ3n) is 4.05. The van der Waals surface area contributed by atoms with Gasteiger partial charge in [0, 0.05) is 19.1 Å². The molecule has 2 fully saturated rings. The second-order valence-corrected chi connectivity index (χ2v) is 5.26. The van der Waals surface area contributed by atoms with Crippen molar-refractivity contribution < 1.29 is 22.4 Å². The predicted molar refractivity (Wildman–Crippen MR) is 61.3 cm³/mol. The van der Waals surface area contributed by atoms with E-state index in [1.54, 1.807) is 0 Å². The second kappa shape index (κ2) is 5.64. The van der Waals surface area contributed by atoms with Crippen LogP contribution in [0.4, 0.5) is 17.6 Å².